The van der Waals surface area contributed by atoms with Crippen molar-refractivity contribution in [2.45, 2.75) is 51.7 Å². The van der Waals surface area contributed by atoms with Crippen LogP contribution in [0.15, 0.2) is 41.3 Å². The number of pyridine rings is 1. The van der Waals surface area contributed by atoms with Crippen LogP contribution in [0.25, 0.3) is 22.2 Å². The minimum absolute atomic E-state index is 0.0478. The van der Waals surface area contributed by atoms with E-state index < -0.39 is 0 Å². The van der Waals surface area contributed by atoms with Crippen molar-refractivity contribution < 1.29 is 9.53 Å². The zero-order chi connectivity index (χ0) is 24.5. The van der Waals surface area contributed by atoms with E-state index in [0.717, 1.165) is 29.4 Å². The topological polar surface area (TPSA) is 101 Å². The zero-order valence-electron chi connectivity index (χ0n) is 20.5. The van der Waals surface area contributed by atoms with E-state index in [4.69, 9.17) is 9.72 Å². The molecule has 5 rings (SSSR count). The number of amides is 2. The van der Waals surface area contributed by atoms with Gasteiger partial charge >= 0.3 is 6.03 Å². The molecule has 2 atom stereocenters. The van der Waals surface area contributed by atoms with Gasteiger partial charge in [-0.2, -0.15) is 4.98 Å². The molecular formula is C26H32N6O3. The summed E-state index contributed by atoms with van der Waals surface area (Å²) in [6.45, 7) is 8.28. The third kappa shape index (κ3) is 4.73. The highest BCUT2D eigenvalue weighted by Crippen LogP contribution is 2.27. The van der Waals surface area contributed by atoms with Crippen LogP contribution in [0.2, 0.25) is 0 Å². The Balaban J connectivity index is 1.48. The number of ether oxygens (including phenoxy) is 1. The molecule has 2 aromatic heterocycles. The van der Waals surface area contributed by atoms with Crippen molar-refractivity contribution in [3.05, 3.63) is 52.4 Å². The first-order chi connectivity index (χ1) is 16.9. The highest BCUT2D eigenvalue weighted by atomic mass is 16.5. The summed E-state index contributed by atoms with van der Waals surface area (Å²) in [6.07, 6.45) is 3.35. The predicted molar refractivity (Wildman–Crippen MR) is 136 cm³/mol. The maximum Gasteiger partial charge on any atom is 0.317 e. The van der Waals surface area contributed by atoms with Gasteiger partial charge in [0.25, 0.3) is 5.56 Å². The Bertz CT molecular complexity index is 1300. The second kappa shape index (κ2) is 9.65. The number of anilines is 1. The Morgan fingerprint density at radius 3 is 2.77 bits per heavy atom. The molecule has 9 heteroatoms. The maximum atomic E-state index is 13.8. The minimum atomic E-state index is -0.0709. The second-order valence-electron chi connectivity index (χ2n) is 9.72. The Hall–Kier alpha value is -3.46. The Morgan fingerprint density at radius 2 is 2.03 bits per heavy atom. The summed E-state index contributed by atoms with van der Waals surface area (Å²) < 4.78 is 7.41. The molecule has 0 saturated carbocycles. The monoisotopic (exact) mass is 476 g/mol. The van der Waals surface area contributed by atoms with Gasteiger partial charge in [-0.05, 0) is 50.8 Å². The van der Waals surface area contributed by atoms with Crippen LogP contribution in [-0.4, -0.2) is 63.9 Å². The molecule has 2 fully saturated rings. The van der Waals surface area contributed by atoms with Gasteiger partial charge in [0.15, 0.2) is 0 Å². The molecule has 184 valence electrons. The van der Waals surface area contributed by atoms with Gasteiger partial charge in [0.2, 0.25) is 5.95 Å². The number of benzene rings is 1. The van der Waals surface area contributed by atoms with E-state index in [0.29, 0.717) is 43.5 Å². The molecular weight excluding hydrogens is 444 g/mol. The number of likely N-dealkylation sites (tertiary alicyclic amines) is 1. The average molecular weight is 477 g/mol. The van der Waals surface area contributed by atoms with Crippen LogP contribution in [0.4, 0.5) is 10.7 Å². The molecule has 2 amide bonds. The second-order valence-corrected chi connectivity index (χ2v) is 9.72. The van der Waals surface area contributed by atoms with Crippen molar-refractivity contribution in [2.24, 2.45) is 0 Å². The summed E-state index contributed by atoms with van der Waals surface area (Å²) in [5.41, 5.74) is 3.15. The van der Waals surface area contributed by atoms with Gasteiger partial charge in [-0.25, -0.2) is 9.78 Å². The number of rotatable bonds is 5. The van der Waals surface area contributed by atoms with Crippen LogP contribution in [0.3, 0.4) is 0 Å². The summed E-state index contributed by atoms with van der Waals surface area (Å²) in [6, 6.07) is 9.82. The van der Waals surface area contributed by atoms with E-state index >= 15 is 0 Å². The third-order valence-corrected chi connectivity index (χ3v) is 6.70. The number of nitrogens with one attached hydrogen (secondary N) is 2. The normalized spacial score (nSPS) is 20.1. The fourth-order valence-electron chi connectivity index (χ4n) is 4.91. The first kappa shape index (κ1) is 23.3. The first-order valence-corrected chi connectivity index (χ1v) is 12.3. The maximum absolute atomic E-state index is 13.8. The van der Waals surface area contributed by atoms with Gasteiger partial charge < -0.3 is 20.3 Å². The summed E-state index contributed by atoms with van der Waals surface area (Å²) in [5, 5.41) is 7.12. The van der Waals surface area contributed by atoms with Gasteiger partial charge in [0, 0.05) is 48.9 Å². The number of aryl methyl sites for hydroxylation is 1. The average Bonchev–Trinajstić information content (AvgIpc) is 3.51. The molecule has 35 heavy (non-hydrogen) atoms. The number of nitrogens with zero attached hydrogens (tertiary/aromatic N) is 4. The Kier molecular flexibility index (Phi) is 6.42. The number of aromatic nitrogens is 3. The highest BCUT2D eigenvalue weighted by Gasteiger charge is 2.28. The van der Waals surface area contributed by atoms with Gasteiger partial charge in [0.1, 0.15) is 5.65 Å². The van der Waals surface area contributed by atoms with Crippen molar-refractivity contribution in [1.82, 2.24) is 24.8 Å². The largest absolute Gasteiger partial charge is 0.379 e. The standard InChI is InChI=1S/C26H32N6O3/c1-16(2)28-26(34)31-10-8-19(14-31)29-25-27-13-18-12-22(21-7-5-4-6-17(21)3)24(33)32(23(18)30-25)20-9-11-35-15-20/h4-7,12-13,16,19-20H,8-11,14-15H2,1-3H3,(H,28,34)(H,27,29,30). The summed E-state index contributed by atoms with van der Waals surface area (Å²) in [7, 11) is 0. The lowest BCUT2D eigenvalue weighted by Crippen LogP contribution is -2.42. The lowest BCUT2D eigenvalue weighted by atomic mass is 10.0. The molecule has 0 bridgehead atoms. The van der Waals surface area contributed by atoms with E-state index in [1.165, 1.54) is 0 Å². The van der Waals surface area contributed by atoms with Crippen LogP contribution in [0.1, 0.15) is 38.3 Å². The molecule has 0 spiro atoms. The van der Waals surface area contributed by atoms with Crippen LogP contribution in [0, 0.1) is 6.92 Å². The lowest BCUT2D eigenvalue weighted by Gasteiger charge is -2.20. The number of hydrogen-bond donors (Lipinski definition) is 2. The van der Waals surface area contributed by atoms with Crippen LogP contribution < -0.4 is 16.2 Å². The molecule has 2 aliphatic heterocycles. The number of carbonyl (C=O) groups is 1. The first-order valence-electron chi connectivity index (χ1n) is 12.3. The van der Waals surface area contributed by atoms with E-state index in [-0.39, 0.29) is 29.7 Å². The molecule has 0 radical (unpaired) electrons. The highest BCUT2D eigenvalue weighted by molar-refractivity contribution is 5.82. The van der Waals surface area contributed by atoms with Crippen LogP contribution in [-0.2, 0) is 4.74 Å². The molecule has 2 N–H and O–H groups in total. The minimum Gasteiger partial charge on any atom is -0.379 e. The SMILES string of the molecule is Cc1ccccc1-c1cc2cnc(NC3CCN(C(=O)NC(C)C)C3)nc2n(C2CCOC2)c1=O. The molecule has 9 nitrogen and oxygen atoms in total. The van der Waals surface area contributed by atoms with E-state index in [9.17, 15) is 9.59 Å². The molecule has 1 aromatic carbocycles. The number of fused-ring (bicyclic) bond motifs is 1. The Labute approximate surface area is 204 Å². The predicted octanol–water partition coefficient (Wildman–Crippen LogP) is 3.33. The fourth-order valence-corrected chi connectivity index (χ4v) is 4.91. The number of hydrogen-bond acceptors (Lipinski definition) is 6. The van der Waals surface area contributed by atoms with Crippen LogP contribution in [0.5, 0.6) is 0 Å². The molecule has 0 aliphatic carbocycles. The smallest absolute Gasteiger partial charge is 0.317 e. The van der Waals surface area contributed by atoms with Crippen LogP contribution >= 0.6 is 0 Å². The summed E-state index contributed by atoms with van der Waals surface area (Å²) in [5.74, 6) is 0.462. The lowest BCUT2D eigenvalue weighted by molar-refractivity contribution is 0.186. The van der Waals surface area contributed by atoms with E-state index in [2.05, 4.69) is 15.6 Å². The van der Waals surface area contributed by atoms with Crippen molar-refractivity contribution in [1.29, 1.82) is 0 Å². The van der Waals surface area contributed by atoms with Gasteiger partial charge in [-0.15, -0.1) is 0 Å². The summed E-state index contributed by atoms with van der Waals surface area (Å²) >= 11 is 0. The van der Waals surface area contributed by atoms with Crippen molar-refractivity contribution in [3.63, 3.8) is 0 Å². The molecule has 4 heterocycles. The van der Waals surface area contributed by atoms with E-state index in [1.54, 1.807) is 15.7 Å². The van der Waals surface area contributed by atoms with E-state index in [1.807, 2.05) is 51.1 Å². The quantitative estimate of drug-likeness (QED) is 0.586. The van der Waals surface area contributed by atoms with Gasteiger partial charge in [0.05, 0.1) is 12.6 Å². The molecule has 2 unspecified atom stereocenters. The van der Waals surface area contributed by atoms with Gasteiger partial charge in [-0.3, -0.25) is 9.36 Å². The zero-order valence-corrected chi connectivity index (χ0v) is 20.5. The number of carbonyl (C=O) groups excluding carboxylic acids is 1. The van der Waals surface area contributed by atoms with Crippen molar-refractivity contribution in [3.8, 4) is 11.1 Å². The van der Waals surface area contributed by atoms with Gasteiger partial charge in [-0.1, -0.05) is 24.3 Å². The van der Waals surface area contributed by atoms with Crippen molar-refractivity contribution in [2.75, 3.05) is 31.6 Å². The molecule has 2 aliphatic rings. The molecule has 3 aromatic rings. The Morgan fingerprint density at radius 1 is 1.20 bits per heavy atom. The molecule has 2 saturated heterocycles. The van der Waals surface area contributed by atoms with Crippen molar-refractivity contribution >= 4 is 23.0 Å². The summed E-state index contributed by atoms with van der Waals surface area (Å²) in [4.78, 5) is 37.2. The number of urea groups is 1. The fraction of sp³-hybridized carbons (Fsp3) is 0.462. The third-order valence-electron chi connectivity index (χ3n) is 6.70.